The molecule has 0 heterocycles. The summed E-state index contributed by atoms with van der Waals surface area (Å²) in [7, 11) is 0. The third kappa shape index (κ3) is 3.06. The third-order valence-corrected chi connectivity index (χ3v) is 3.62. The Kier molecular flexibility index (Phi) is 4.51. The van der Waals surface area contributed by atoms with Gasteiger partial charge in [0.1, 0.15) is 12.4 Å². The maximum Gasteiger partial charge on any atom is 0.302 e. The number of carbonyl (C=O) groups is 2. The van der Waals surface area contributed by atoms with Gasteiger partial charge in [0.15, 0.2) is 0 Å². The highest BCUT2D eigenvalue weighted by molar-refractivity contribution is 5.85. The fourth-order valence-electron chi connectivity index (χ4n) is 2.46. The summed E-state index contributed by atoms with van der Waals surface area (Å²) in [6.07, 6.45) is 2.04. The van der Waals surface area contributed by atoms with E-state index in [-0.39, 0.29) is 30.2 Å². The molecule has 0 saturated heterocycles. The molecule has 16 heavy (non-hydrogen) atoms. The first-order valence-electron chi connectivity index (χ1n) is 6.10. The molecule has 3 nitrogen and oxygen atoms in total. The Hall–Kier alpha value is -0.860. The van der Waals surface area contributed by atoms with Gasteiger partial charge in [0, 0.05) is 12.8 Å². The van der Waals surface area contributed by atoms with Crippen LogP contribution in [0.3, 0.4) is 0 Å². The molecule has 0 aromatic rings. The minimum atomic E-state index is -0.299. The van der Waals surface area contributed by atoms with Gasteiger partial charge in [-0.1, -0.05) is 20.8 Å². The molecule has 1 saturated carbocycles. The van der Waals surface area contributed by atoms with Gasteiger partial charge in [-0.05, 0) is 24.7 Å². The largest absolute Gasteiger partial charge is 0.465 e. The summed E-state index contributed by atoms with van der Waals surface area (Å²) in [5.41, 5.74) is 0. The molecule has 0 radical (unpaired) electrons. The van der Waals surface area contributed by atoms with Crippen LogP contribution in [-0.2, 0) is 14.3 Å². The molecule has 1 aliphatic carbocycles. The number of ether oxygens (including phenoxy) is 1. The van der Waals surface area contributed by atoms with Crippen LogP contribution in [0.2, 0.25) is 0 Å². The number of carbonyl (C=O) groups excluding carboxylic acids is 2. The number of esters is 1. The lowest BCUT2D eigenvalue weighted by Gasteiger charge is -2.34. The molecule has 1 rings (SSSR count). The van der Waals surface area contributed by atoms with Crippen LogP contribution >= 0.6 is 0 Å². The fourth-order valence-corrected chi connectivity index (χ4v) is 2.46. The molecule has 1 fully saturated rings. The zero-order chi connectivity index (χ0) is 12.3. The molecule has 0 N–H and O–H groups in total. The quantitative estimate of drug-likeness (QED) is 0.694. The van der Waals surface area contributed by atoms with E-state index in [1.165, 1.54) is 6.92 Å². The Morgan fingerprint density at radius 1 is 1.44 bits per heavy atom. The second-order valence-electron chi connectivity index (χ2n) is 5.22. The predicted molar refractivity (Wildman–Crippen MR) is 61.9 cm³/mol. The van der Waals surface area contributed by atoms with Gasteiger partial charge in [-0.2, -0.15) is 0 Å². The van der Waals surface area contributed by atoms with Gasteiger partial charge in [0.25, 0.3) is 0 Å². The van der Waals surface area contributed by atoms with Crippen molar-refractivity contribution in [3.63, 3.8) is 0 Å². The fraction of sp³-hybridized carbons (Fsp3) is 0.846. The third-order valence-electron chi connectivity index (χ3n) is 3.62. The van der Waals surface area contributed by atoms with Gasteiger partial charge in [0.05, 0.1) is 5.92 Å². The molecule has 1 aliphatic rings. The van der Waals surface area contributed by atoms with Crippen LogP contribution in [0.1, 0.15) is 40.5 Å². The van der Waals surface area contributed by atoms with Crippen LogP contribution in [0.5, 0.6) is 0 Å². The van der Waals surface area contributed by atoms with Crippen LogP contribution in [0.4, 0.5) is 0 Å². The zero-order valence-corrected chi connectivity index (χ0v) is 10.7. The summed E-state index contributed by atoms with van der Waals surface area (Å²) in [6, 6.07) is 0. The van der Waals surface area contributed by atoms with Crippen molar-refractivity contribution in [2.24, 2.45) is 23.7 Å². The maximum absolute atomic E-state index is 12.2. The minimum Gasteiger partial charge on any atom is -0.465 e. The molecular formula is C13H22O3. The van der Waals surface area contributed by atoms with E-state index < -0.39 is 0 Å². The van der Waals surface area contributed by atoms with Crippen molar-refractivity contribution in [2.45, 2.75) is 40.5 Å². The highest BCUT2D eigenvalue weighted by Gasteiger charge is 2.37. The van der Waals surface area contributed by atoms with E-state index in [1.807, 2.05) is 0 Å². The number of Topliss-reactive ketones (excluding diaryl/α,β-unsaturated/α-hetero) is 1. The smallest absolute Gasteiger partial charge is 0.302 e. The van der Waals surface area contributed by atoms with Gasteiger partial charge in [-0.15, -0.1) is 0 Å². The van der Waals surface area contributed by atoms with Gasteiger partial charge in [0.2, 0.25) is 0 Å². The summed E-state index contributed by atoms with van der Waals surface area (Å²) in [5, 5.41) is 0. The van der Waals surface area contributed by atoms with E-state index in [1.54, 1.807) is 0 Å². The summed E-state index contributed by atoms with van der Waals surface area (Å²) >= 11 is 0. The molecule has 0 bridgehead atoms. The lowest BCUT2D eigenvalue weighted by atomic mass is 9.70. The van der Waals surface area contributed by atoms with Crippen LogP contribution in [-0.4, -0.2) is 18.4 Å². The van der Waals surface area contributed by atoms with Crippen LogP contribution in [0, 0.1) is 23.7 Å². The second kappa shape index (κ2) is 5.46. The van der Waals surface area contributed by atoms with Crippen molar-refractivity contribution >= 4 is 11.8 Å². The van der Waals surface area contributed by atoms with Gasteiger partial charge in [-0.25, -0.2) is 0 Å². The summed E-state index contributed by atoms with van der Waals surface area (Å²) in [5.74, 6) is 0.769. The standard InChI is InChI=1S/C13H22O3/c1-8(2)11-6-5-9(3)12(13(11)15)7-16-10(4)14/h8-9,11-12H,5-7H2,1-4H3. The van der Waals surface area contributed by atoms with Crippen LogP contribution in [0.15, 0.2) is 0 Å². The summed E-state index contributed by atoms with van der Waals surface area (Å²) in [6.45, 7) is 7.89. The molecule has 0 amide bonds. The van der Waals surface area contributed by atoms with Crippen molar-refractivity contribution < 1.29 is 14.3 Å². The van der Waals surface area contributed by atoms with Crippen LogP contribution in [0.25, 0.3) is 0 Å². The maximum atomic E-state index is 12.2. The van der Waals surface area contributed by atoms with Crippen molar-refractivity contribution in [3.05, 3.63) is 0 Å². The first-order chi connectivity index (χ1) is 7.43. The predicted octanol–water partition coefficient (Wildman–Crippen LogP) is 2.44. The normalized spacial score (nSPS) is 30.6. The Balaban J connectivity index is 2.64. The Morgan fingerprint density at radius 3 is 2.56 bits per heavy atom. The number of hydrogen-bond acceptors (Lipinski definition) is 3. The Morgan fingerprint density at radius 2 is 2.06 bits per heavy atom. The van der Waals surface area contributed by atoms with E-state index in [0.29, 0.717) is 11.8 Å². The average molecular weight is 226 g/mol. The summed E-state index contributed by atoms with van der Waals surface area (Å²) in [4.78, 5) is 23.0. The Bertz CT molecular complexity index is 270. The first kappa shape index (κ1) is 13.2. The van der Waals surface area contributed by atoms with Gasteiger partial charge >= 0.3 is 5.97 Å². The zero-order valence-electron chi connectivity index (χ0n) is 10.7. The average Bonchev–Trinajstić information content (AvgIpc) is 2.16. The SMILES string of the molecule is CC(=O)OCC1C(=O)C(C(C)C)CCC1C. The first-order valence-corrected chi connectivity index (χ1v) is 6.10. The monoisotopic (exact) mass is 226 g/mol. The molecule has 0 aromatic heterocycles. The van der Waals surface area contributed by atoms with Crippen molar-refractivity contribution in [1.29, 1.82) is 0 Å². The van der Waals surface area contributed by atoms with E-state index in [4.69, 9.17) is 4.74 Å². The van der Waals surface area contributed by atoms with Gasteiger partial charge in [-0.3, -0.25) is 9.59 Å². The second-order valence-corrected chi connectivity index (χ2v) is 5.22. The molecule has 0 aromatic carbocycles. The molecule has 3 atom stereocenters. The van der Waals surface area contributed by atoms with E-state index in [0.717, 1.165) is 12.8 Å². The van der Waals surface area contributed by atoms with Crippen molar-refractivity contribution in [3.8, 4) is 0 Å². The Labute approximate surface area is 97.5 Å². The highest BCUT2D eigenvalue weighted by atomic mass is 16.5. The van der Waals surface area contributed by atoms with Crippen molar-refractivity contribution in [2.75, 3.05) is 6.61 Å². The van der Waals surface area contributed by atoms with Crippen molar-refractivity contribution in [1.82, 2.24) is 0 Å². The number of rotatable bonds is 3. The molecule has 3 unspecified atom stereocenters. The lowest BCUT2D eigenvalue weighted by Crippen LogP contribution is -2.39. The highest BCUT2D eigenvalue weighted by Crippen LogP contribution is 2.34. The lowest BCUT2D eigenvalue weighted by molar-refractivity contribution is -0.147. The van der Waals surface area contributed by atoms with E-state index in [2.05, 4.69) is 20.8 Å². The molecular weight excluding hydrogens is 204 g/mol. The topological polar surface area (TPSA) is 43.4 Å². The minimum absolute atomic E-state index is 0.0925. The molecule has 3 heteroatoms. The van der Waals surface area contributed by atoms with Crippen LogP contribution < -0.4 is 0 Å². The molecule has 0 spiro atoms. The molecule has 0 aliphatic heterocycles. The number of ketones is 1. The van der Waals surface area contributed by atoms with E-state index >= 15 is 0 Å². The summed E-state index contributed by atoms with van der Waals surface area (Å²) < 4.78 is 4.99. The van der Waals surface area contributed by atoms with E-state index in [9.17, 15) is 9.59 Å². The van der Waals surface area contributed by atoms with Gasteiger partial charge < -0.3 is 4.74 Å². The number of hydrogen-bond donors (Lipinski definition) is 0. The molecule has 92 valence electrons.